The van der Waals surface area contributed by atoms with E-state index >= 15 is 0 Å². The van der Waals surface area contributed by atoms with E-state index in [2.05, 4.69) is 5.32 Å². The molecule has 0 aromatic heterocycles. The summed E-state index contributed by atoms with van der Waals surface area (Å²) in [6, 6.07) is 7.16. The minimum Gasteiger partial charge on any atom is -0.317 e. The Morgan fingerprint density at radius 1 is 1.16 bits per heavy atom. The number of sulfonamides is 1. The van der Waals surface area contributed by atoms with Crippen LogP contribution in [0.4, 0.5) is 0 Å². The second-order valence-corrected chi connectivity index (χ2v) is 7.17. The van der Waals surface area contributed by atoms with Gasteiger partial charge in [0, 0.05) is 13.1 Å². The lowest BCUT2D eigenvalue weighted by molar-refractivity contribution is 0.341. The maximum atomic E-state index is 12.6. The number of nitrogens with zero attached hydrogens (tertiary/aromatic N) is 1. The van der Waals surface area contributed by atoms with Crippen LogP contribution >= 0.6 is 0 Å². The van der Waals surface area contributed by atoms with E-state index in [-0.39, 0.29) is 6.04 Å². The SMILES string of the molecule is Cc1ccc(S(=O)(=O)N(C)C2CCCNCC2)cc1. The summed E-state index contributed by atoms with van der Waals surface area (Å²) in [5.74, 6) is 0. The largest absolute Gasteiger partial charge is 0.317 e. The summed E-state index contributed by atoms with van der Waals surface area (Å²) >= 11 is 0. The van der Waals surface area contributed by atoms with Crippen LogP contribution in [-0.4, -0.2) is 38.9 Å². The molecule has 1 saturated heterocycles. The molecule has 2 rings (SSSR count). The highest BCUT2D eigenvalue weighted by Gasteiger charge is 2.28. The Hall–Kier alpha value is -0.910. The van der Waals surface area contributed by atoms with E-state index in [1.54, 1.807) is 23.5 Å². The van der Waals surface area contributed by atoms with Gasteiger partial charge in [0.15, 0.2) is 0 Å². The molecule has 0 amide bonds. The number of rotatable bonds is 3. The molecule has 5 heteroatoms. The van der Waals surface area contributed by atoms with Crippen molar-refractivity contribution in [3.63, 3.8) is 0 Å². The molecular weight excluding hydrogens is 260 g/mol. The fourth-order valence-corrected chi connectivity index (χ4v) is 3.85. The van der Waals surface area contributed by atoms with Gasteiger partial charge in [0.2, 0.25) is 10.0 Å². The lowest BCUT2D eigenvalue weighted by Crippen LogP contribution is -2.37. The van der Waals surface area contributed by atoms with Crippen LogP contribution in [0.5, 0.6) is 0 Å². The second kappa shape index (κ2) is 6.03. The van der Waals surface area contributed by atoms with E-state index in [0.29, 0.717) is 4.90 Å². The molecule has 1 fully saturated rings. The van der Waals surface area contributed by atoms with Crippen molar-refractivity contribution in [1.29, 1.82) is 0 Å². The third kappa shape index (κ3) is 3.35. The van der Waals surface area contributed by atoms with Crippen LogP contribution < -0.4 is 5.32 Å². The summed E-state index contributed by atoms with van der Waals surface area (Å²) in [6.07, 6.45) is 2.83. The Morgan fingerprint density at radius 2 is 1.84 bits per heavy atom. The van der Waals surface area contributed by atoms with Crippen molar-refractivity contribution in [3.8, 4) is 0 Å². The van der Waals surface area contributed by atoms with Crippen LogP contribution in [0.25, 0.3) is 0 Å². The molecule has 4 nitrogen and oxygen atoms in total. The van der Waals surface area contributed by atoms with E-state index in [1.165, 1.54) is 0 Å². The zero-order valence-corrected chi connectivity index (χ0v) is 12.4. The van der Waals surface area contributed by atoms with Gasteiger partial charge >= 0.3 is 0 Å². The van der Waals surface area contributed by atoms with Crippen molar-refractivity contribution in [2.75, 3.05) is 20.1 Å². The summed E-state index contributed by atoms with van der Waals surface area (Å²) in [4.78, 5) is 0.387. The molecule has 1 aliphatic heterocycles. The lowest BCUT2D eigenvalue weighted by Gasteiger charge is -2.26. The van der Waals surface area contributed by atoms with Gasteiger partial charge < -0.3 is 5.32 Å². The van der Waals surface area contributed by atoms with Crippen molar-refractivity contribution in [1.82, 2.24) is 9.62 Å². The molecule has 1 unspecified atom stereocenters. The highest BCUT2D eigenvalue weighted by atomic mass is 32.2. The highest BCUT2D eigenvalue weighted by molar-refractivity contribution is 7.89. The predicted molar refractivity (Wildman–Crippen MR) is 76.6 cm³/mol. The summed E-state index contributed by atoms with van der Waals surface area (Å²) in [5, 5.41) is 3.31. The van der Waals surface area contributed by atoms with Gasteiger partial charge in [-0.2, -0.15) is 4.31 Å². The maximum Gasteiger partial charge on any atom is 0.243 e. The van der Waals surface area contributed by atoms with Crippen LogP contribution in [0.3, 0.4) is 0 Å². The minimum atomic E-state index is -3.37. The van der Waals surface area contributed by atoms with E-state index in [0.717, 1.165) is 37.9 Å². The molecule has 1 aromatic rings. The van der Waals surface area contributed by atoms with Crippen molar-refractivity contribution in [2.45, 2.75) is 37.1 Å². The molecule has 0 saturated carbocycles. The van der Waals surface area contributed by atoms with Gasteiger partial charge in [0.05, 0.1) is 4.90 Å². The number of hydrogen-bond donors (Lipinski definition) is 1. The molecule has 1 N–H and O–H groups in total. The second-order valence-electron chi connectivity index (χ2n) is 5.17. The Balaban J connectivity index is 2.20. The molecule has 0 aliphatic carbocycles. The van der Waals surface area contributed by atoms with Gasteiger partial charge in [-0.25, -0.2) is 8.42 Å². The number of benzene rings is 1. The van der Waals surface area contributed by atoms with Crippen molar-refractivity contribution in [2.24, 2.45) is 0 Å². The monoisotopic (exact) mass is 282 g/mol. The normalized spacial score (nSPS) is 21.3. The van der Waals surface area contributed by atoms with E-state index in [4.69, 9.17) is 0 Å². The molecule has 1 aliphatic rings. The molecular formula is C14H22N2O2S. The topological polar surface area (TPSA) is 49.4 Å². The van der Waals surface area contributed by atoms with Crippen LogP contribution in [-0.2, 0) is 10.0 Å². The van der Waals surface area contributed by atoms with Crippen LogP contribution in [0, 0.1) is 6.92 Å². The van der Waals surface area contributed by atoms with E-state index in [1.807, 2.05) is 19.1 Å². The zero-order valence-electron chi connectivity index (χ0n) is 11.6. The van der Waals surface area contributed by atoms with Crippen LogP contribution in [0.2, 0.25) is 0 Å². The summed E-state index contributed by atoms with van der Waals surface area (Å²) in [6.45, 7) is 3.82. The average molecular weight is 282 g/mol. The molecule has 19 heavy (non-hydrogen) atoms. The molecule has 1 atom stereocenters. The van der Waals surface area contributed by atoms with E-state index < -0.39 is 10.0 Å². The third-order valence-electron chi connectivity index (χ3n) is 3.76. The molecule has 0 spiro atoms. The Bertz CT molecular complexity index is 503. The van der Waals surface area contributed by atoms with Crippen molar-refractivity contribution >= 4 is 10.0 Å². The van der Waals surface area contributed by atoms with Crippen LogP contribution in [0.15, 0.2) is 29.2 Å². The zero-order chi connectivity index (χ0) is 13.9. The lowest BCUT2D eigenvalue weighted by atomic mass is 10.1. The first-order chi connectivity index (χ1) is 9.01. The standard InChI is InChI=1S/C14H22N2O2S/c1-12-5-7-14(8-6-12)19(17,18)16(2)13-4-3-10-15-11-9-13/h5-8,13,15H,3-4,9-11H2,1-2H3. The van der Waals surface area contributed by atoms with Crippen molar-refractivity contribution in [3.05, 3.63) is 29.8 Å². The molecule has 1 aromatic carbocycles. The first kappa shape index (κ1) is 14.5. The van der Waals surface area contributed by atoms with Gasteiger partial charge in [0.25, 0.3) is 0 Å². The number of nitrogens with one attached hydrogen (secondary N) is 1. The van der Waals surface area contributed by atoms with Gasteiger partial charge in [-0.3, -0.25) is 0 Å². The quantitative estimate of drug-likeness (QED) is 0.919. The smallest absolute Gasteiger partial charge is 0.243 e. The molecule has 0 radical (unpaired) electrons. The third-order valence-corrected chi connectivity index (χ3v) is 5.68. The predicted octanol–water partition coefficient (Wildman–Crippen LogP) is 1.76. The fraction of sp³-hybridized carbons (Fsp3) is 0.571. The summed E-state index contributed by atoms with van der Waals surface area (Å²) < 4.78 is 26.7. The maximum absolute atomic E-state index is 12.6. The molecule has 106 valence electrons. The van der Waals surface area contributed by atoms with Gasteiger partial charge in [0.1, 0.15) is 0 Å². The number of hydrogen-bond acceptors (Lipinski definition) is 3. The first-order valence-corrected chi connectivity index (χ1v) is 8.21. The minimum absolute atomic E-state index is 0.0984. The van der Waals surface area contributed by atoms with Gasteiger partial charge in [-0.05, 0) is 51.4 Å². The van der Waals surface area contributed by atoms with Gasteiger partial charge in [-0.15, -0.1) is 0 Å². The summed E-state index contributed by atoms with van der Waals surface area (Å²) in [7, 11) is -1.67. The summed E-state index contributed by atoms with van der Waals surface area (Å²) in [5.41, 5.74) is 1.07. The molecule has 1 heterocycles. The van der Waals surface area contributed by atoms with Crippen LogP contribution in [0.1, 0.15) is 24.8 Å². The van der Waals surface area contributed by atoms with E-state index in [9.17, 15) is 8.42 Å². The fourth-order valence-electron chi connectivity index (χ4n) is 2.44. The Labute approximate surface area is 115 Å². The Morgan fingerprint density at radius 3 is 2.53 bits per heavy atom. The highest BCUT2D eigenvalue weighted by Crippen LogP contribution is 2.21. The average Bonchev–Trinajstić information content (AvgIpc) is 2.67. The van der Waals surface area contributed by atoms with Gasteiger partial charge in [-0.1, -0.05) is 17.7 Å². The number of aryl methyl sites for hydroxylation is 1. The Kier molecular flexibility index (Phi) is 4.60. The first-order valence-electron chi connectivity index (χ1n) is 6.77. The van der Waals surface area contributed by atoms with Crippen molar-refractivity contribution < 1.29 is 8.42 Å². The molecule has 0 bridgehead atoms.